The van der Waals surface area contributed by atoms with Gasteiger partial charge in [-0.15, -0.1) is 12.4 Å². The fourth-order valence-corrected chi connectivity index (χ4v) is 2.46. The van der Waals surface area contributed by atoms with Gasteiger partial charge in [0.1, 0.15) is 0 Å². The second kappa shape index (κ2) is 7.22. The molecule has 0 radical (unpaired) electrons. The van der Waals surface area contributed by atoms with Crippen molar-refractivity contribution in [1.82, 2.24) is 10.2 Å². The van der Waals surface area contributed by atoms with E-state index in [1.165, 1.54) is 25.7 Å². The van der Waals surface area contributed by atoms with Crippen LogP contribution in [-0.4, -0.2) is 36.5 Å². The maximum atomic E-state index is 12.3. The molecular weight excluding hydrogens is 236 g/mol. The zero-order chi connectivity index (χ0) is 11.4. The molecule has 1 amide bonds. The minimum absolute atomic E-state index is 0. The van der Waals surface area contributed by atoms with Crippen LogP contribution in [0.3, 0.4) is 0 Å². The van der Waals surface area contributed by atoms with Gasteiger partial charge in [0, 0.05) is 13.1 Å². The Hall–Kier alpha value is -0.280. The number of hydrogen-bond acceptors (Lipinski definition) is 2. The zero-order valence-corrected chi connectivity index (χ0v) is 11.6. The molecule has 2 rings (SSSR count). The molecule has 0 aromatic carbocycles. The summed E-state index contributed by atoms with van der Waals surface area (Å²) in [5.41, 5.74) is 0. The summed E-state index contributed by atoms with van der Waals surface area (Å²) in [6.07, 6.45) is 7.18. The molecule has 0 unspecified atom stereocenters. The third-order valence-corrected chi connectivity index (χ3v) is 3.59. The summed E-state index contributed by atoms with van der Waals surface area (Å²) in [6, 6.07) is 0.110. The largest absolute Gasteiger partial charge is 0.341 e. The molecule has 1 atom stereocenters. The Morgan fingerprint density at radius 2 is 2.06 bits per heavy atom. The molecule has 1 saturated heterocycles. The van der Waals surface area contributed by atoms with E-state index < -0.39 is 0 Å². The summed E-state index contributed by atoms with van der Waals surface area (Å²) in [4.78, 5) is 14.4. The van der Waals surface area contributed by atoms with E-state index in [-0.39, 0.29) is 18.4 Å². The molecule has 17 heavy (non-hydrogen) atoms. The van der Waals surface area contributed by atoms with Gasteiger partial charge >= 0.3 is 0 Å². The number of hydrogen-bond donors (Lipinski definition) is 1. The van der Waals surface area contributed by atoms with Gasteiger partial charge in [-0.25, -0.2) is 0 Å². The Kier molecular flexibility index (Phi) is 6.28. The van der Waals surface area contributed by atoms with E-state index in [0.717, 1.165) is 38.4 Å². The Morgan fingerprint density at radius 1 is 1.29 bits per heavy atom. The van der Waals surface area contributed by atoms with Crippen molar-refractivity contribution >= 4 is 18.3 Å². The zero-order valence-electron chi connectivity index (χ0n) is 10.8. The summed E-state index contributed by atoms with van der Waals surface area (Å²) in [6.45, 7) is 5.11. The van der Waals surface area contributed by atoms with Crippen molar-refractivity contribution in [3.63, 3.8) is 0 Å². The number of rotatable bonds is 5. The number of piperidine rings is 1. The molecule has 2 aliphatic rings. The van der Waals surface area contributed by atoms with E-state index in [1.807, 2.05) is 0 Å². The number of carbonyl (C=O) groups is 1. The van der Waals surface area contributed by atoms with Gasteiger partial charge in [-0.05, 0) is 44.6 Å². The maximum Gasteiger partial charge on any atom is 0.239 e. The third-order valence-electron chi connectivity index (χ3n) is 3.59. The number of amides is 1. The van der Waals surface area contributed by atoms with Gasteiger partial charge < -0.3 is 10.2 Å². The van der Waals surface area contributed by atoms with E-state index in [1.54, 1.807) is 0 Å². The Labute approximate surface area is 111 Å². The van der Waals surface area contributed by atoms with Crippen molar-refractivity contribution in [2.24, 2.45) is 5.92 Å². The maximum absolute atomic E-state index is 12.3. The second-order valence-corrected chi connectivity index (χ2v) is 5.23. The monoisotopic (exact) mass is 260 g/mol. The minimum Gasteiger partial charge on any atom is -0.341 e. The van der Waals surface area contributed by atoms with Crippen molar-refractivity contribution < 1.29 is 4.79 Å². The molecule has 1 aliphatic heterocycles. The third kappa shape index (κ3) is 4.47. The highest BCUT2D eigenvalue weighted by Crippen LogP contribution is 2.30. The van der Waals surface area contributed by atoms with Crippen LogP contribution in [0.1, 0.15) is 45.4 Å². The van der Waals surface area contributed by atoms with E-state index in [4.69, 9.17) is 0 Å². The summed E-state index contributed by atoms with van der Waals surface area (Å²) in [7, 11) is 0. The van der Waals surface area contributed by atoms with Crippen LogP contribution in [0.5, 0.6) is 0 Å². The molecule has 0 spiro atoms. The van der Waals surface area contributed by atoms with Crippen molar-refractivity contribution in [3.05, 3.63) is 0 Å². The molecule has 4 heteroatoms. The lowest BCUT2D eigenvalue weighted by Gasteiger charge is -2.30. The SMILES string of the molecule is CCCN(CC1CC1)C(=O)[C@@H]1CCCCN1.Cl. The molecule has 0 aromatic heterocycles. The van der Waals surface area contributed by atoms with Gasteiger partial charge in [0.05, 0.1) is 6.04 Å². The van der Waals surface area contributed by atoms with Gasteiger partial charge in [0.15, 0.2) is 0 Å². The smallest absolute Gasteiger partial charge is 0.239 e. The molecule has 1 heterocycles. The highest BCUT2D eigenvalue weighted by Gasteiger charge is 2.30. The quantitative estimate of drug-likeness (QED) is 0.822. The van der Waals surface area contributed by atoms with Crippen LogP contribution in [0.2, 0.25) is 0 Å². The first kappa shape index (κ1) is 14.8. The average Bonchev–Trinajstić information content (AvgIpc) is 3.13. The normalized spacial score (nSPS) is 23.9. The van der Waals surface area contributed by atoms with Crippen molar-refractivity contribution in [2.75, 3.05) is 19.6 Å². The van der Waals surface area contributed by atoms with Crippen LogP contribution in [0, 0.1) is 5.92 Å². The first-order valence-corrected chi connectivity index (χ1v) is 6.83. The Bertz CT molecular complexity index is 238. The van der Waals surface area contributed by atoms with E-state index >= 15 is 0 Å². The van der Waals surface area contributed by atoms with E-state index in [0.29, 0.717) is 5.91 Å². The van der Waals surface area contributed by atoms with Crippen LogP contribution >= 0.6 is 12.4 Å². The predicted octanol–water partition coefficient (Wildman–Crippen LogP) is 2.20. The lowest BCUT2D eigenvalue weighted by molar-refractivity contribution is -0.134. The van der Waals surface area contributed by atoms with Gasteiger partial charge in [-0.1, -0.05) is 13.3 Å². The minimum atomic E-state index is 0. The average molecular weight is 261 g/mol. The van der Waals surface area contributed by atoms with Gasteiger partial charge in [0.2, 0.25) is 5.91 Å². The van der Waals surface area contributed by atoms with Crippen molar-refractivity contribution in [2.45, 2.75) is 51.5 Å². The fourth-order valence-electron chi connectivity index (χ4n) is 2.46. The van der Waals surface area contributed by atoms with Crippen molar-refractivity contribution in [1.29, 1.82) is 0 Å². The molecule has 1 aliphatic carbocycles. The highest BCUT2D eigenvalue weighted by molar-refractivity contribution is 5.85. The lowest BCUT2D eigenvalue weighted by Crippen LogP contribution is -2.49. The van der Waals surface area contributed by atoms with Crippen molar-refractivity contribution in [3.8, 4) is 0 Å². The molecule has 0 bridgehead atoms. The number of nitrogens with zero attached hydrogens (tertiary/aromatic N) is 1. The molecule has 2 fully saturated rings. The summed E-state index contributed by atoms with van der Waals surface area (Å²) in [5, 5.41) is 3.36. The number of halogens is 1. The van der Waals surface area contributed by atoms with Crippen LogP contribution in [0.4, 0.5) is 0 Å². The molecule has 1 saturated carbocycles. The summed E-state index contributed by atoms with van der Waals surface area (Å²) >= 11 is 0. The summed E-state index contributed by atoms with van der Waals surface area (Å²) in [5.74, 6) is 1.16. The molecule has 0 aromatic rings. The van der Waals surface area contributed by atoms with E-state index in [2.05, 4.69) is 17.1 Å². The summed E-state index contributed by atoms with van der Waals surface area (Å²) < 4.78 is 0. The first-order chi connectivity index (χ1) is 7.81. The molecule has 3 nitrogen and oxygen atoms in total. The first-order valence-electron chi connectivity index (χ1n) is 6.83. The standard InChI is InChI=1S/C13H24N2O.ClH/c1-2-9-15(10-11-6-7-11)13(16)12-5-3-4-8-14-12;/h11-12,14H,2-10H2,1H3;1H/t12-;/m0./s1. The highest BCUT2D eigenvalue weighted by atomic mass is 35.5. The van der Waals surface area contributed by atoms with Crippen LogP contribution in [0.25, 0.3) is 0 Å². The van der Waals surface area contributed by atoms with Gasteiger partial charge in [0.25, 0.3) is 0 Å². The lowest BCUT2D eigenvalue weighted by atomic mass is 10.0. The van der Waals surface area contributed by atoms with Crippen LogP contribution in [0.15, 0.2) is 0 Å². The Morgan fingerprint density at radius 3 is 2.59 bits per heavy atom. The van der Waals surface area contributed by atoms with E-state index in [9.17, 15) is 4.79 Å². The van der Waals surface area contributed by atoms with Gasteiger partial charge in [-0.3, -0.25) is 4.79 Å². The molecule has 100 valence electrons. The molecular formula is C13H25ClN2O. The van der Waals surface area contributed by atoms with Gasteiger partial charge in [-0.2, -0.15) is 0 Å². The number of carbonyl (C=O) groups excluding carboxylic acids is 1. The van der Waals surface area contributed by atoms with Crippen LogP contribution in [-0.2, 0) is 4.79 Å². The van der Waals surface area contributed by atoms with Crippen LogP contribution < -0.4 is 5.32 Å². The Balaban J connectivity index is 0.00000144. The second-order valence-electron chi connectivity index (χ2n) is 5.23. The molecule has 1 N–H and O–H groups in total. The topological polar surface area (TPSA) is 32.3 Å². The fraction of sp³-hybridized carbons (Fsp3) is 0.923. The number of nitrogens with one attached hydrogen (secondary N) is 1. The predicted molar refractivity (Wildman–Crippen MR) is 72.5 cm³/mol.